The van der Waals surface area contributed by atoms with E-state index >= 15 is 0 Å². The quantitative estimate of drug-likeness (QED) is 0.902. The molecule has 1 aromatic rings. The normalized spacial score (nSPS) is 21.2. The van der Waals surface area contributed by atoms with E-state index in [1.54, 1.807) is 0 Å². The number of pyridine rings is 1. The average molecular weight is 306 g/mol. The molecule has 2 atom stereocenters. The Morgan fingerprint density at radius 2 is 2.16 bits per heavy atom. The molecule has 1 amide bonds. The molecule has 19 heavy (non-hydrogen) atoms. The first-order valence-corrected chi connectivity index (χ1v) is 6.15. The SMILES string of the molecule is Cc1cccc(NC(=O)[C@@H]2CCC[C@@H]2CN)n1.Cl.Cl. The van der Waals surface area contributed by atoms with Crippen molar-refractivity contribution in [2.75, 3.05) is 11.9 Å². The van der Waals surface area contributed by atoms with Gasteiger partial charge in [0.05, 0.1) is 0 Å². The van der Waals surface area contributed by atoms with Gasteiger partial charge in [-0.2, -0.15) is 0 Å². The van der Waals surface area contributed by atoms with Gasteiger partial charge in [-0.1, -0.05) is 12.5 Å². The third kappa shape index (κ3) is 4.64. The minimum absolute atomic E-state index is 0. The van der Waals surface area contributed by atoms with Gasteiger partial charge in [0.15, 0.2) is 0 Å². The zero-order valence-corrected chi connectivity index (χ0v) is 12.6. The molecule has 1 fully saturated rings. The van der Waals surface area contributed by atoms with Crippen molar-refractivity contribution in [2.24, 2.45) is 17.6 Å². The van der Waals surface area contributed by atoms with Crippen molar-refractivity contribution in [2.45, 2.75) is 26.2 Å². The second-order valence-corrected chi connectivity index (χ2v) is 4.69. The van der Waals surface area contributed by atoms with Crippen molar-refractivity contribution >= 4 is 36.5 Å². The fourth-order valence-electron chi connectivity index (χ4n) is 2.50. The summed E-state index contributed by atoms with van der Waals surface area (Å²) >= 11 is 0. The highest BCUT2D eigenvalue weighted by molar-refractivity contribution is 5.92. The molecular formula is C13H21Cl2N3O. The summed E-state index contributed by atoms with van der Waals surface area (Å²) in [5, 5.41) is 2.88. The molecular weight excluding hydrogens is 285 g/mol. The van der Waals surface area contributed by atoms with E-state index in [9.17, 15) is 4.79 Å². The van der Waals surface area contributed by atoms with Crippen LogP contribution in [0.1, 0.15) is 25.0 Å². The van der Waals surface area contributed by atoms with E-state index in [1.807, 2.05) is 25.1 Å². The van der Waals surface area contributed by atoms with E-state index in [0.29, 0.717) is 18.3 Å². The fraction of sp³-hybridized carbons (Fsp3) is 0.538. The fourth-order valence-corrected chi connectivity index (χ4v) is 2.50. The van der Waals surface area contributed by atoms with Crippen LogP contribution < -0.4 is 11.1 Å². The number of carbonyl (C=O) groups is 1. The van der Waals surface area contributed by atoms with Crippen LogP contribution in [0.2, 0.25) is 0 Å². The number of hydrogen-bond donors (Lipinski definition) is 2. The number of rotatable bonds is 3. The summed E-state index contributed by atoms with van der Waals surface area (Å²) in [5.41, 5.74) is 6.59. The summed E-state index contributed by atoms with van der Waals surface area (Å²) in [5.74, 6) is 1.09. The monoisotopic (exact) mass is 305 g/mol. The highest BCUT2D eigenvalue weighted by atomic mass is 35.5. The van der Waals surface area contributed by atoms with Gasteiger partial charge in [-0.15, -0.1) is 24.8 Å². The Bertz CT molecular complexity index is 415. The predicted octanol–water partition coefficient (Wildman–Crippen LogP) is 2.55. The summed E-state index contributed by atoms with van der Waals surface area (Å²) < 4.78 is 0. The van der Waals surface area contributed by atoms with E-state index < -0.39 is 0 Å². The second kappa shape index (κ2) is 8.35. The number of nitrogens with zero attached hydrogens (tertiary/aromatic N) is 1. The van der Waals surface area contributed by atoms with Crippen LogP contribution in [0.25, 0.3) is 0 Å². The van der Waals surface area contributed by atoms with E-state index in [0.717, 1.165) is 25.0 Å². The van der Waals surface area contributed by atoms with Crippen LogP contribution in [0.4, 0.5) is 5.82 Å². The maximum absolute atomic E-state index is 12.1. The van der Waals surface area contributed by atoms with Crippen LogP contribution >= 0.6 is 24.8 Å². The Kier molecular flexibility index (Phi) is 7.99. The van der Waals surface area contributed by atoms with Crippen LogP contribution in [0, 0.1) is 18.8 Å². The largest absolute Gasteiger partial charge is 0.330 e. The molecule has 108 valence electrons. The average Bonchev–Trinajstić information content (AvgIpc) is 2.77. The van der Waals surface area contributed by atoms with Crippen molar-refractivity contribution in [3.63, 3.8) is 0 Å². The van der Waals surface area contributed by atoms with E-state index in [-0.39, 0.29) is 36.6 Å². The van der Waals surface area contributed by atoms with Crippen LogP contribution in [0.5, 0.6) is 0 Å². The maximum atomic E-state index is 12.1. The number of nitrogens with two attached hydrogens (primary N) is 1. The van der Waals surface area contributed by atoms with E-state index in [1.165, 1.54) is 0 Å². The third-order valence-corrected chi connectivity index (χ3v) is 3.44. The number of aryl methyl sites for hydroxylation is 1. The Morgan fingerprint density at radius 1 is 1.42 bits per heavy atom. The van der Waals surface area contributed by atoms with Gasteiger partial charge in [0.25, 0.3) is 0 Å². The van der Waals surface area contributed by atoms with Crippen LogP contribution in [-0.4, -0.2) is 17.4 Å². The van der Waals surface area contributed by atoms with Gasteiger partial charge < -0.3 is 11.1 Å². The molecule has 1 aliphatic rings. The van der Waals surface area contributed by atoms with Crippen molar-refractivity contribution in [1.29, 1.82) is 0 Å². The van der Waals surface area contributed by atoms with Gasteiger partial charge in [-0.3, -0.25) is 4.79 Å². The molecule has 2 rings (SSSR count). The number of hydrogen-bond acceptors (Lipinski definition) is 3. The lowest BCUT2D eigenvalue weighted by Gasteiger charge is -2.17. The lowest BCUT2D eigenvalue weighted by Crippen LogP contribution is -2.30. The minimum atomic E-state index is 0. The van der Waals surface area contributed by atoms with Crippen LogP contribution in [0.15, 0.2) is 18.2 Å². The van der Waals surface area contributed by atoms with Gasteiger partial charge in [0, 0.05) is 11.6 Å². The smallest absolute Gasteiger partial charge is 0.228 e. The molecule has 0 bridgehead atoms. The van der Waals surface area contributed by atoms with Crippen molar-refractivity contribution in [3.8, 4) is 0 Å². The molecule has 3 N–H and O–H groups in total. The number of halogens is 2. The molecule has 0 spiro atoms. The standard InChI is InChI=1S/C13H19N3O.2ClH/c1-9-4-2-7-12(15-9)16-13(17)11-6-3-5-10(11)8-14;;/h2,4,7,10-11H,3,5-6,8,14H2,1H3,(H,15,16,17);2*1H/t10-,11-;;/m1../s1. The maximum Gasteiger partial charge on any atom is 0.228 e. The van der Waals surface area contributed by atoms with E-state index in [4.69, 9.17) is 5.73 Å². The topological polar surface area (TPSA) is 68.0 Å². The molecule has 4 nitrogen and oxygen atoms in total. The number of carbonyl (C=O) groups excluding carboxylic acids is 1. The highest BCUT2D eigenvalue weighted by Crippen LogP contribution is 2.31. The molecule has 0 unspecified atom stereocenters. The van der Waals surface area contributed by atoms with Gasteiger partial charge in [0.1, 0.15) is 5.82 Å². The number of anilines is 1. The van der Waals surface area contributed by atoms with Gasteiger partial charge >= 0.3 is 0 Å². The van der Waals surface area contributed by atoms with Crippen molar-refractivity contribution in [3.05, 3.63) is 23.9 Å². The Balaban J connectivity index is 0.00000162. The van der Waals surface area contributed by atoms with Gasteiger partial charge in [-0.05, 0) is 44.4 Å². The van der Waals surface area contributed by atoms with Crippen molar-refractivity contribution < 1.29 is 4.79 Å². The zero-order chi connectivity index (χ0) is 12.3. The predicted molar refractivity (Wildman–Crippen MR) is 82.0 cm³/mol. The Morgan fingerprint density at radius 3 is 2.79 bits per heavy atom. The molecule has 1 heterocycles. The van der Waals surface area contributed by atoms with Gasteiger partial charge in [0.2, 0.25) is 5.91 Å². The molecule has 1 saturated carbocycles. The number of aromatic nitrogens is 1. The first-order valence-electron chi connectivity index (χ1n) is 6.15. The Labute approximate surface area is 126 Å². The summed E-state index contributed by atoms with van der Waals surface area (Å²) in [6.07, 6.45) is 3.11. The summed E-state index contributed by atoms with van der Waals surface area (Å²) in [6.45, 7) is 2.51. The summed E-state index contributed by atoms with van der Waals surface area (Å²) in [6, 6.07) is 5.62. The molecule has 1 aromatic heterocycles. The first-order chi connectivity index (χ1) is 8.20. The summed E-state index contributed by atoms with van der Waals surface area (Å²) in [7, 11) is 0. The highest BCUT2D eigenvalue weighted by Gasteiger charge is 2.31. The minimum Gasteiger partial charge on any atom is -0.330 e. The molecule has 0 saturated heterocycles. The molecule has 0 aromatic carbocycles. The lowest BCUT2D eigenvalue weighted by molar-refractivity contribution is -0.120. The van der Waals surface area contributed by atoms with Crippen molar-refractivity contribution in [1.82, 2.24) is 4.98 Å². The van der Waals surface area contributed by atoms with E-state index in [2.05, 4.69) is 10.3 Å². The zero-order valence-electron chi connectivity index (χ0n) is 11.0. The first kappa shape index (κ1) is 18.2. The lowest BCUT2D eigenvalue weighted by atomic mass is 9.95. The molecule has 0 aliphatic heterocycles. The number of nitrogens with one attached hydrogen (secondary N) is 1. The van der Waals surface area contributed by atoms with Gasteiger partial charge in [-0.25, -0.2) is 4.98 Å². The van der Waals surface area contributed by atoms with Crippen LogP contribution in [-0.2, 0) is 4.79 Å². The Hall–Kier alpha value is -0.840. The molecule has 0 radical (unpaired) electrons. The van der Waals surface area contributed by atoms with Crippen LogP contribution in [0.3, 0.4) is 0 Å². The third-order valence-electron chi connectivity index (χ3n) is 3.44. The molecule has 1 aliphatic carbocycles. The summed E-state index contributed by atoms with van der Waals surface area (Å²) in [4.78, 5) is 16.4. The number of amides is 1. The second-order valence-electron chi connectivity index (χ2n) is 4.69. The molecule has 6 heteroatoms.